The first-order chi connectivity index (χ1) is 19.0. The lowest BCUT2D eigenvalue weighted by Crippen LogP contribution is -2.25. The molecule has 10 nitrogen and oxygen atoms in total. The number of pyridine rings is 1. The van der Waals surface area contributed by atoms with Crippen molar-refractivity contribution in [3.8, 4) is 17.3 Å². The number of carbonyl (C=O) groups excluding carboxylic acids is 1. The summed E-state index contributed by atoms with van der Waals surface area (Å²) in [6.45, 7) is 5.16. The number of hydrogen-bond acceptors (Lipinski definition) is 10. The van der Waals surface area contributed by atoms with Crippen molar-refractivity contribution in [3.05, 3.63) is 41.7 Å². The van der Waals surface area contributed by atoms with Gasteiger partial charge in [0.15, 0.2) is 23.8 Å². The van der Waals surface area contributed by atoms with Gasteiger partial charge in [-0.1, -0.05) is 6.92 Å². The first kappa shape index (κ1) is 27.0. The molecule has 39 heavy (non-hydrogen) atoms. The van der Waals surface area contributed by atoms with E-state index in [0.29, 0.717) is 40.7 Å². The molecule has 0 atom stereocenters. The maximum Gasteiger partial charge on any atom is 0.227 e. The van der Waals surface area contributed by atoms with Crippen LogP contribution in [-0.2, 0) is 11.3 Å². The number of hydrogen-bond donors (Lipinski definition) is 1. The van der Waals surface area contributed by atoms with Gasteiger partial charge in [-0.15, -0.1) is 11.8 Å². The molecule has 11 heteroatoms. The van der Waals surface area contributed by atoms with Crippen molar-refractivity contribution in [1.29, 1.82) is 0 Å². The Labute approximate surface area is 233 Å². The van der Waals surface area contributed by atoms with Gasteiger partial charge in [0.2, 0.25) is 5.88 Å². The molecule has 0 amide bonds. The van der Waals surface area contributed by atoms with Gasteiger partial charge >= 0.3 is 0 Å². The highest BCUT2D eigenvalue weighted by molar-refractivity contribution is 7.99. The van der Waals surface area contributed by atoms with E-state index in [1.807, 2.05) is 32.3 Å². The van der Waals surface area contributed by atoms with Gasteiger partial charge in [0.05, 0.1) is 30.7 Å². The average molecular weight is 547 g/mol. The third kappa shape index (κ3) is 6.52. The van der Waals surface area contributed by atoms with E-state index < -0.39 is 0 Å². The minimum Gasteiger partial charge on any atom is -0.480 e. The van der Waals surface area contributed by atoms with Crippen molar-refractivity contribution in [3.63, 3.8) is 0 Å². The van der Waals surface area contributed by atoms with E-state index in [9.17, 15) is 4.79 Å². The van der Waals surface area contributed by atoms with Crippen molar-refractivity contribution in [2.75, 3.05) is 36.7 Å². The molecule has 3 heterocycles. The number of nitrogens with one attached hydrogen (secondary N) is 1. The molecular weight excluding hydrogens is 512 g/mol. The van der Waals surface area contributed by atoms with Crippen molar-refractivity contribution in [1.82, 2.24) is 24.9 Å². The lowest BCUT2D eigenvalue weighted by molar-refractivity contribution is -0.102. The fourth-order valence-electron chi connectivity index (χ4n) is 4.44. The van der Waals surface area contributed by atoms with Gasteiger partial charge in [-0.3, -0.25) is 14.8 Å². The summed E-state index contributed by atoms with van der Waals surface area (Å²) in [6, 6.07) is 3.97. The predicted molar refractivity (Wildman–Crippen MR) is 154 cm³/mol. The molecule has 0 unspecified atom stereocenters. The van der Waals surface area contributed by atoms with Crippen LogP contribution >= 0.6 is 11.8 Å². The molecule has 0 radical (unpaired) electrons. The fraction of sp³-hybridized carbons (Fsp3) is 0.464. The van der Waals surface area contributed by atoms with Crippen molar-refractivity contribution < 1.29 is 9.53 Å². The van der Waals surface area contributed by atoms with E-state index in [4.69, 9.17) is 14.7 Å². The number of rotatable bonds is 12. The van der Waals surface area contributed by atoms with E-state index >= 15 is 0 Å². The number of amidine groups is 1. The van der Waals surface area contributed by atoms with E-state index in [1.165, 1.54) is 19.2 Å². The van der Waals surface area contributed by atoms with Crippen molar-refractivity contribution >= 4 is 35.4 Å². The molecule has 2 saturated carbocycles. The lowest BCUT2D eigenvalue weighted by atomic mass is 10.1. The number of ether oxygens (including phenoxy) is 1. The standard InChI is InChI=1S/C28H34N8O2S/c1-5-39-21-11-10-20(29-13-21)12-30-22(15-37)34-24-17(2)33-26(35-27(24)36(3)14-18-6-7-18)23-25(19-8-9-19)31-16-32-28(23)38-4/h10-11,13,15-16,18-19H,5-9,12,14H2,1-4H3,(H,30,34). The molecule has 1 N–H and O–H groups in total. The van der Waals surface area contributed by atoms with Crippen LogP contribution in [0.25, 0.3) is 11.4 Å². The first-order valence-corrected chi connectivity index (χ1v) is 14.3. The average Bonchev–Trinajstić information content (AvgIpc) is 3.87. The smallest absolute Gasteiger partial charge is 0.227 e. The molecular formula is C28H34N8O2S. The Kier molecular flexibility index (Phi) is 8.35. The van der Waals surface area contributed by atoms with Gasteiger partial charge < -0.3 is 15.0 Å². The van der Waals surface area contributed by atoms with Crippen LogP contribution in [0.2, 0.25) is 0 Å². The van der Waals surface area contributed by atoms with Crippen LogP contribution in [0.1, 0.15) is 55.6 Å². The number of nitrogens with zero attached hydrogens (tertiary/aromatic N) is 7. The van der Waals surface area contributed by atoms with E-state index in [2.05, 4.69) is 37.1 Å². The van der Waals surface area contributed by atoms with Crippen LogP contribution in [0.15, 0.2) is 34.5 Å². The van der Waals surface area contributed by atoms with E-state index in [1.54, 1.807) is 18.9 Å². The van der Waals surface area contributed by atoms with Gasteiger partial charge in [0.1, 0.15) is 17.6 Å². The van der Waals surface area contributed by atoms with Crippen LogP contribution < -0.4 is 15.0 Å². The molecule has 0 aromatic carbocycles. The summed E-state index contributed by atoms with van der Waals surface area (Å²) < 4.78 is 5.61. The topological polar surface area (TPSA) is 118 Å². The van der Waals surface area contributed by atoms with Crippen LogP contribution in [-0.4, -0.2) is 63.5 Å². The van der Waals surface area contributed by atoms with Crippen molar-refractivity contribution in [2.24, 2.45) is 10.9 Å². The Balaban J connectivity index is 1.48. The minimum absolute atomic E-state index is 0.198. The third-order valence-corrected chi connectivity index (χ3v) is 7.63. The molecule has 0 aliphatic heterocycles. The monoisotopic (exact) mass is 546 g/mol. The minimum atomic E-state index is 0.198. The number of aryl methyl sites for hydroxylation is 1. The molecule has 5 rings (SSSR count). The maximum absolute atomic E-state index is 12.0. The first-order valence-electron chi connectivity index (χ1n) is 13.3. The van der Waals surface area contributed by atoms with Gasteiger partial charge in [-0.2, -0.15) is 0 Å². The number of methoxy groups -OCH3 is 1. The Morgan fingerprint density at radius 3 is 2.67 bits per heavy atom. The predicted octanol–water partition coefficient (Wildman–Crippen LogP) is 4.69. The zero-order valence-electron chi connectivity index (χ0n) is 22.8. The van der Waals surface area contributed by atoms with Gasteiger partial charge in [0.25, 0.3) is 0 Å². The lowest BCUT2D eigenvalue weighted by Gasteiger charge is -2.24. The molecule has 2 aliphatic carbocycles. The number of aromatic nitrogens is 5. The number of aliphatic imine (C=N–C) groups is 1. The van der Waals surface area contributed by atoms with E-state index in [-0.39, 0.29) is 12.4 Å². The molecule has 204 valence electrons. The van der Waals surface area contributed by atoms with Gasteiger partial charge in [-0.05, 0) is 56.4 Å². The zero-order valence-corrected chi connectivity index (χ0v) is 23.7. The quantitative estimate of drug-likeness (QED) is 0.148. The SMILES string of the molecule is CCSc1ccc(CN=C(C=O)Nc2c(C)nc(-c3c(OC)ncnc3C3CC3)nc2N(C)CC2CC2)nc1. The molecule has 3 aromatic heterocycles. The molecule has 2 fully saturated rings. The second-order valence-electron chi connectivity index (χ2n) is 9.94. The Bertz CT molecular complexity index is 1360. The van der Waals surface area contributed by atoms with Crippen LogP contribution in [0, 0.1) is 12.8 Å². The van der Waals surface area contributed by atoms with Crippen LogP contribution in [0.4, 0.5) is 11.5 Å². The summed E-state index contributed by atoms with van der Waals surface area (Å²) in [5.41, 5.74) is 3.79. The fourth-order valence-corrected chi connectivity index (χ4v) is 5.06. The summed E-state index contributed by atoms with van der Waals surface area (Å²) in [4.78, 5) is 43.0. The molecule has 0 spiro atoms. The van der Waals surface area contributed by atoms with Crippen LogP contribution in [0.3, 0.4) is 0 Å². The van der Waals surface area contributed by atoms with E-state index in [0.717, 1.165) is 53.3 Å². The number of carbonyl (C=O) groups is 1. The Morgan fingerprint density at radius 2 is 2.03 bits per heavy atom. The Morgan fingerprint density at radius 1 is 1.21 bits per heavy atom. The third-order valence-electron chi connectivity index (χ3n) is 6.77. The summed E-state index contributed by atoms with van der Waals surface area (Å²) in [5.74, 6) is 3.87. The highest BCUT2D eigenvalue weighted by Gasteiger charge is 2.32. The number of anilines is 2. The molecule has 0 saturated heterocycles. The second kappa shape index (κ2) is 12.1. The zero-order chi connectivity index (χ0) is 27.4. The second-order valence-corrected chi connectivity index (χ2v) is 11.3. The maximum atomic E-state index is 12.0. The normalized spacial score (nSPS) is 15.2. The molecule has 0 bridgehead atoms. The van der Waals surface area contributed by atoms with Gasteiger partial charge in [0, 0.05) is 30.6 Å². The summed E-state index contributed by atoms with van der Waals surface area (Å²) in [5, 5.41) is 3.22. The molecule has 3 aromatic rings. The highest BCUT2D eigenvalue weighted by Crippen LogP contribution is 2.45. The van der Waals surface area contributed by atoms with Crippen LogP contribution in [0.5, 0.6) is 5.88 Å². The summed E-state index contributed by atoms with van der Waals surface area (Å²) >= 11 is 1.74. The van der Waals surface area contributed by atoms with Crippen molar-refractivity contribution in [2.45, 2.75) is 56.9 Å². The summed E-state index contributed by atoms with van der Waals surface area (Å²) in [6.07, 6.45) is 8.67. The Hall–Kier alpha value is -3.60. The number of aldehydes is 1. The largest absolute Gasteiger partial charge is 0.480 e. The highest BCUT2D eigenvalue weighted by atomic mass is 32.2. The van der Waals surface area contributed by atoms with Gasteiger partial charge in [-0.25, -0.2) is 19.9 Å². The number of thioether (sulfide) groups is 1. The molecule has 2 aliphatic rings. The summed E-state index contributed by atoms with van der Waals surface area (Å²) in [7, 11) is 3.62.